The van der Waals surface area contributed by atoms with Crippen molar-refractivity contribution in [3.8, 4) is 0 Å². The first-order valence-electron chi connectivity index (χ1n) is 21.1. The number of rotatable bonds is 9. The highest BCUT2D eigenvalue weighted by molar-refractivity contribution is 7.11. The predicted octanol–water partition coefficient (Wildman–Crippen LogP) is 8.85. The minimum atomic E-state index is -0.826. The zero-order chi connectivity index (χ0) is 39.6. The average Bonchev–Trinajstić information content (AvgIpc) is 3.56. The third-order valence-electron chi connectivity index (χ3n) is 17.8. The van der Waals surface area contributed by atoms with Crippen molar-refractivity contribution in [2.45, 2.75) is 159 Å². The lowest BCUT2D eigenvalue weighted by Gasteiger charge is -2.72. The zero-order valence-corrected chi connectivity index (χ0v) is 35.8. The number of carbonyl (C=O) groups is 3. The van der Waals surface area contributed by atoms with Crippen LogP contribution in [0.25, 0.3) is 0 Å². The summed E-state index contributed by atoms with van der Waals surface area (Å²) in [5.74, 6) is -0.381. The number of aliphatic hydroxyl groups excluding tert-OH is 1. The van der Waals surface area contributed by atoms with E-state index in [9.17, 15) is 24.6 Å². The molecule has 5 saturated carbocycles. The summed E-state index contributed by atoms with van der Waals surface area (Å²) in [5, 5.41) is 26.5. The smallest absolute Gasteiger partial charge is 0.309 e. The first-order chi connectivity index (χ1) is 25.1. The molecule has 6 aliphatic rings. The number of aliphatic carboxylic acids is 1. The molecule has 0 spiro atoms. The van der Waals surface area contributed by atoms with E-state index in [1.807, 2.05) is 27.7 Å². The maximum absolute atomic E-state index is 14.1. The zero-order valence-electron chi connectivity index (χ0n) is 35.0. The Bertz CT molecular complexity index is 1740. The number of carboxylic acids is 1. The van der Waals surface area contributed by atoms with E-state index in [0.717, 1.165) is 67.6 Å². The number of esters is 1. The maximum atomic E-state index is 14.1. The summed E-state index contributed by atoms with van der Waals surface area (Å²) < 4.78 is 6.42. The molecule has 11 atom stereocenters. The molecule has 5 fully saturated rings. The fourth-order valence-electron chi connectivity index (χ4n) is 14.5. The second-order valence-electron chi connectivity index (χ2n) is 21.0. The number of carbonyl (C=O) groups excluding carboxylic acids is 2. The van der Waals surface area contributed by atoms with Gasteiger partial charge in [0.25, 0.3) is 0 Å². The van der Waals surface area contributed by atoms with Gasteiger partial charge in [0.1, 0.15) is 6.10 Å². The molecule has 0 unspecified atom stereocenters. The van der Waals surface area contributed by atoms with Gasteiger partial charge < -0.3 is 20.3 Å². The number of Topliss-reactive ketones (excluding diaryl/α,β-unsaturated/α-hetero) is 1. The number of aryl methyl sites for hydroxylation is 2. The summed E-state index contributed by atoms with van der Waals surface area (Å²) in [6.07, 6.45) is 7.98. The van der Waals surface area contributed by atoms with Crippen molar-refractivity contribution < 1.29 is 29.3 Å². The van der Waals surface area contributed by atoms with Gasteiger partial charge in [0.15, 0.2) is 5.78 Å². The third-order valence-corrected chi connectivity index (χ3v) is 18.9. The highest BCUT2D eigenvalue weighted by Gasteiger charge is 2.71. The van der Waals surface area contributed by atoms with Crippen LogP contribution < -0.4 is 5.32 Å². The van der Waals surface area contributed by atoms with Gasteiger partial charge in [-0.3, -0.25) is 14.4 Å². The van der Waals surface area contributed by atoms with Crippen LogP contribution >= 0.6 is 11.3 Å². The van der Waals surface area contributed by atoms with Crippen LogP contribution in [0.3, 0.4) is 0 Å². The normalized spacial score (nSPS) is 41.3. The molecule has 54 heavy (non-hydrogen) atoms. The van der Waals surface area contributed by atoms with Gasteiger partial charge in [0, 0.05) is 35.2 Å². The Hall–Kier alpha value is -2.10. The van der Waals surface area contributed by atoms with E-state index in [-0.39, 0.29) is 57.3 Å². The van der Waals surface area contributed by atoms with Gasteiger partial charge in [-0.2, -0.15) is 0 Å². The standard InChI is InChI=1S/C45H68N2O6S/c1-24(2)36-30(48)21-45(34(49)23-46-22-31-25(3)47-26(4)54-31)19-18-43(10)27(37(36)45)12-13-33-42(9)16-15-35(41(7,8)32(42)14-17-44(33,43)11)53-39(52)29-20-28(38(50)51)40(29,5)6/h24,27-29,32-35,46,49H,12-23H2,1-11H3,(H,50,51)/t27-,28+,29-,32+,33-,34+,35+,42+,43-,44-,45+/m1/s1. The Labute approximate surface area is 328 Å². The lowest BCUT2D eigenvalue weighted by Crippen LogP contribution is -2.66. The van der Waals surface area contributed by atoms with Crippen LogP contribution in [0, 0.1) is 81.8 Å². The van der Waals surface area contributed by atoms with Crippen molar-refractivity contribution in [2.75, 3.05) is 6.54 Å². The van der Waals surface area contributed by atoms with E-state index in [4.69, 9.17) is 4.74 Å². The number of aromatic nitrogens is 1. The molecule has 7 rings (SSSR count). The number of fused-ring (bicyclic) bond motifs is 7. The largest absolute Gasteiger partial charge is 0.481 e. The summed E-state index contributed by atoms with van der Waals surface area (Å²) in [6, 6.07) is 0. The predicted molar refractivity (Wildman–Crippen MR) is 212 cm³/mol. The SMILES string of the molecule is Cc1nc(C)c(CNC[C@H](O)[C@@]23CC[C@]4(C)[C@H](CC[C@@H]5[C@@]6(C)CC[C@H](OC(=O)[C@H]7C[C@@H](C(=O)O)C7(C)C)C(C)(C)[C@@H]6CC[C@]54C)C2=C(C(C)C)C(=O)C3)s1. The van der Waals surface area contributed by atoms with Gasteiger partial charge in [-0.15, -0.1) is 11.3 Å². The molecule has 9 heteroatoms. The molecule has 8 nitrogen and oxygen atoms in total. The van der Waals surface area contributed by atoms with Gasteiger partial charge in [-0.05, 0) is 123 Å². The first kappa shape index (κ1) is 40.1. The summed E-state index contributed by atoms with van der Waals surface area (Å²) in [4.78, 5) is 45.3. The molecule has 3 N–H and O–H groups in total. The molecule has 6 aliphatic carbocycles. The Morgan fingerprint density at radius 1 is 0.907 bits per heavy atom. The molecule has 1 aromatic heterocycles. The van der Waals surface area contributed by atoms with E-state index < -0.39 is 28.8 Å². The Kier molecular flexibility index (Phi) is 9.82. The van der Waals surface area contributed by atoms with Gasteiger partial charge >= 0.3 is 11.9 Å². The van der Waals surface area contributed by atoms with Crippen LogP contribution in [0.15, 0.2) is 11.1 Å². The summed E-state index contributed by atoms with van der Waals surface area (Å²) in [7, 11) is 0. The molecule has 0 amide bonds. The number of ether oxygens (including phenoxy) is 1. The number of nitrogens with one attached hydrogen (secondary N) is 1. The van der Waals surface area contributed by atoms with Crippen molar-refractivity contribution in [1.29, 1.82) is 0 Å². The van der Waals surface area contributed by atoms with Gasteiger partial charge in [0.05, 0.1) is 28.6 Å². The highest BCUT2D eigenvalue weighted by atomic mass is 32.1. The quantitative estimate of drug-likeness (QED) is 0.213. The van der Waals surface area contributed by atoms with Crippen LogP contribution in [0.5, 0.6) is 0 Å². The molecule has 0 saturated heterocycles. The van der Waals surface area contributed by atoms with Crippen LogP contribution in [-0.2, 0) is 25.7 Å². The lowest BCUT2D eigenvalue weighted by atomic mass is 9.33. The van der Waals surface area contributed by atoms with E-state index in [2.05, 4.69) is 58.8 Å². The second kappa shape index (κ2) is 13.2. The highest BCUT2D eigenvalue weighted by Crippen LogP contribution is 2.77. The van der Waals surface area contributed by atoms with Crippen LogP contribution in [0.2, 0.25) is 0 Å². The molecular formula is C45H68N2O6S. The monoisotopic (exact) mass is 764 g/mol. The van der Waals surface area contributed by atoms with E-state index in [1.165, 1.54) is 10.5 Å². The number of hydrogen-bond donors (Lipinski definition) is 3. The molecule has 1 heterocycles. The average molecular weight is 765 g/mol. The van der Waals surface area contributed by atoms with Crippen LogP contribution in [0.1, 0.15) is 142 Å². The number of thiazole rings is 1. The summed E-state index contributed by atoms with van der Waals surface area (Å²) >= 11 is 1.70. The third kappa shape index (κ3) is 5.61. The molecule has 300 valence electrons. The number of ketones is 1. The van der Waals surface area contributed by atoms with Crippen LogP contribution in [-0.4, -0.2) is 51.7 Å². The topological polar surface area (TPSA) is 126 Å². The van der Waals surface area contributed by atoms with Crippen molar-refractivity contribution in [3.05, 3.63) is 26.7 Å². The Morgan fingerprint density at radius 2 is 1.61 bits per heavy atom. The molecule has 0 aliphatic heterocycles. The number of allylic oxidation sites excluding steroid dienone is 1. The van der Waals surface area contributed by atoms with Crippen molar-refractivity contribution in [2.24, 2.45) is 68.0 Å². The lowest BCUT2D eigenvalue weighted by molar-refractivity contribution is -0.238. The maximum Gasteiger partial charge on any atom is 0.309 e. The molecular weight excluding hydrogens is 697 g/mol. The summed E-state index contributed by atoms with van der Waals surface area (Å²) in [6.45, 7) is 25.7. The Morgan fingerprint density at radius 3 is 2.22 bits per heavy atom. The minimum Gasteiger partial charge on any atom is -0.481 e. The van der Waals surface area contributed by atoms with Gasteiger partial charge in [0.2, 0.25) is 0 Å². The molecule has 0 aromatic carbocycles. The number of nitrogens with zero attached hydrogens (tertiary/aromatic N) is 1. The van der Waals surface area contributed by atoms with E-state index >= 15 is 0 Å². The Balaban J connectivity index is 1.13. The van der Waals surface area contributed by atoms with Crippen molar-refractivity contribution in [3.63, 3.8) is 0 Å². The van der Waals surface area contributed by atoms with Gasteiger partial charge in [-0.25, -0.2) is 4.98 Å². The van der Waals surface area contributed by atoms with E-state index in [1.54, 1.807) is 11.3 Å². The van der Waals surface area contributed by atoms with E-state index in [0.29, 0.717) is 37.8 Å². The fourth-order valence-corrected chi connectivity index (χ4v) is 15.4. The second-order valence-corrected chi connectivity index (χ2v) is 22.3. The minimum absolute atomic E-state index is 0.00185. The fraction of sp³-hybridized carbons (Fsp3) is 0.822. The number of aliphatic hydroxyl groups is 1. The summed E-state index contributed by atoms with van der Waals surface area (Å²) in [5.41, 5.74) is 2.20. The van der Waals surface area contributed by atoms with Crippen molar-refractivity contribution in [1.82, 2.24) is 10.3 Å². The van der Waals surface area contributed by atoms with Gasteiger partial charge in [-0.1, -0.05) is 67.9 Å². The molecule has 0 bridgehead atoms. The molecule has 1 aromatic rings. The number of hydrogen-bond acceptors (Lipinski definition) is 8. The van der Waals surface area contributed by atoms with Crippen molar-refractivity contribution >= 4 is 29.1 Å². The number of carboxylic acid groups (broad SMARTS) is 1. The molecule has 0 radical (unpaired) electrons. The van der Waals surface area contributed by atoms with Crippen LogP contribution in [0.4, 0.5) is 0 Å². The first-order valence-corrected chi connectivity index (χ1v) is 21.9.